The Morgan fingerprint density at radius 3 is 2.80 bits per heavy atom. The van der Waals surface area contributed by atoms with Gasteiger partial charge >= 0.3 is 0 Å². The van der Waals surface area contributed by atoms with Crippen molar-refractivity contribution in [3.05, 3.63) is 48.7 Å². The van der Waals surface area contributed by atoms with E-state index in [4.69, 9.17) is 9.26 Å². The first-order chi connectivity index (χ1) is 14.6. The van der Waals surface area contributed by atoms with Crippen LogP contribution in [0.5, 0.6) is 5.75 Å². The van der Waals surface area contributed by atoms with Gasteiger partial charge in [-0.25, -0.2) is 13.4 Å². The summed E-state index contributed by atoms with van der Waals surface area (Å²) < 4.78 is 38.4. The van der Waals surface area contributed by atoms with Crippen LogP contribution in [0.3, 0.4) is 0 Å². The van der Waals surface area contributed by atoms with E-state index < -0.39 is 10.0 Å². The molecule has 0 radical (unpaired) electrons. The van der Waals surface area contributed by atoms with E-state index in [2.05, 4.69) is 20.1 Å². The number of hydrogen-bond acceptors (Lipinski definition) is 8. The molecule has 1 aliphatic rings. The Bertz CT molecular complexity index is 1070. The van der Waals surface area contributed by atoms with E-state index in [0.29, 0.717) is 49.3 Å². The van der Waals surface area contributed by atoms with Crippen molar-refractivity contribution in [2.45, 2.75) is 31.1 Å². The molecule has 0 amide bonds. The lowest BCUT2D eigenvalue weighted by molar-refractivity contribution is 0.247. The Labute approximate surface area is 175 Å². The highest BCUT2D eigenvalue weighted by molar-refractivity contribution is 7.89. The van der Waals surface area contributed by atoms with E-state index >= 15 is 0 Å². The Balaban J connectivity index is 1.43. The van der Waals surface area contributed by atoms with Gasteiger partial charge in [-0.2, -0.15) is 9.29 Å². The highest BCUT2D eigenvalue weighted by Crippen LogP contribution is 2.27. The van der Waals surface area contributed by atoms with Crippen LogP contribution >= 0.6 is 0 Å². The fourth-order valence-corrected chi connectivity index (χ4v) is 5.09. The van der Waals surface area contributed by atoms with E-state index in [1.807, 2.05) is 6.92 Å². The van der Waals surface area contributed by atoms with Crippen LogP contribution in [0.15, 0.2) is 52.3 Å². The average Bonchev–Trinajstić information content (AvgIpc) is 3.24. The average molecular weight is 430 g/mol. The van der Waals surface area contributed by atoms with Gasteiger partial charge in [-0.1, -0.05) is 5.16 Å². The predicted molar refractivity (Wildman–Crippen MR) is 108 cm³/mol. The number of sulfonamides is 1. The molecule has 1 unspecified atom stereocenters. The monoisotopic (exact) mass is 429 g/mol. The molecule has 3 aromatic rings. The van der Waals surface area contributed by atoms with Crippen molar-refractivity contribution >= 4 is 10.0 Å². The largest absolute Gasteiger partial charge is 0.494 e. The van der Waals surface area contributed by atoms with Gasteiger partial charge in [0.25, 0.3) is 0 Å². The molecule has 1 saturated heterocycles. The van der Waals surface area contributed by atoms with Crippen molar-refractivity contribution < 1.29 is 17.7 Å². The molecular formula is C20H23N5O4S. The summed E-state index contributed by atoms with van der Waals surface area (Å²) >= 11 is 0. The van der Waals surface area contributed by atoms with Crippen molar-refractivity contribution in [1.82, 2.24) is 24.4 Å². The first-order valence-corrected chi connectivity index (χ1v) is 11.3. The number of hydrogen-bond donors (Lipinski definition) is 0. The van der Waals surface area contributed by atoms with E-state index in [1.165, 1.54) is 4.31 Å². The maximum absolute atomic E-state index is 13.1. The van der Waals surface area contributed by atoms with Crippen LogP contribution in [0.1, 0.15) is 25.7 Å². The van der Waals surface area contributed by atoms with Gasteiger partial charge in [0.05, 0.1) is 17.7 Å². The van der Waals surface area contributed by atoms with Crippen LogP contribution in [-0.4, -0.2) is 52.5 Å². The predicted octanol–water partition coefficient (Wildman–Crippen LogP) is 2.57. The molecule has 0 bridgehead atoms. The Morgan fingerprint density at radius 1 is 1.23 bits per heavy atom. The SMILES string of the molecule is CCOc1ccc(S(=O)(=O)N2CCCC(Cc3nc(-c4cnccn4)no3)C2)cc1. The molecule has 2 aromatic heterocycles. The van der Waals surface area contributed by atoms with Crippen molar-refractivity contribution in [3.8, 4) is 17.3 Å². The molecule has 1 fully saturated rings. The van der Waals surface area contributed by atoms with E-state index in [1.54, 1.807) is 42.9 Å². The van der Waals surface area contributed by atoms with Crippen LogP contribution in [0.25, 0.3) is 11.5 Å². The number of benzene rings is 1. The summed E-state index contributed by atoms with van der Waals surface area (Å²) in [6, 6.07) is 6.55. The van der Waals surface area contributed by atoms with Crippen molar-refractivity contribution in [3.63, 3.8) is 0 Å². The van der Waals surface area contributed by atoms with Crippen LogP contribution in [0.2, 0.25) is 0 Å². The van der Waals surface area contributed by atoms with Crippen LogP contribution in [0, 0.1) is 5.92 Å². The zero-order valence-electron chi connectivity index (χ0n) is 16.6. The van der Waals surface area contributed by atoms with Gasteiger partial charge in [0, 0.05) is 31.9 Å². The molecule has 3 heterocycles. The quantitative estimate of drug-likeness (QED) is 0.563. The molecule has 10 heteroatoms. The molecule has 0 saturated carbocycles. The molecule has 1 aliphatic heterocycles. The van der Waals surface area contributed by atoms with Gasteiger partial charge in [-0.05, 0) is 49.9 Å². The first-order valence-electron chi connectivity index (χ1n) is 9.88. The lowest BCUT2D eigenvalue weighted by Crippen LogP contribution is -2.40. The van der Waals surface area contributed by atoms with Gasteiger partial charge in [0.15, 0.2) is 0 Å². The molecule has 1 aromatic carbocycles. The lowest BCUT2D eigenvalue weighted by Gasteiger charge is -2.31. The zero-order valence-corrected chi connectivity index (χ0v) is 17.5. The second-order valence-corrected chi connectivity index (χ2v) is 9.02. The summed E-state index contributed by atoms with van der Waals surface area (Å²) in [6.07, 6.45) is 6.91. The maximum Gasteiger partial charge on any atom is 0.243 e. The molecule has 30 heavy (non-hydrogen) atoms. The minimum atomic E-state index is -3.56. The number of piperidine rings is 1. The summed E-state index contributed by atoms with van der Waals surface area (Å²) in [5.74, 6) is 1.61. The molecule has 9 nitrogen and oxygen atoms in total. The molecular weight excluding hydrogens is 406 g/mol. The number of rotatable bonds is 7. The highest BCUT2D eigenvalue weighted by atomic mass is 32.2. The molecule has 4 rings (SSSR count). The third-order valence-electron chi connectivity index (χ3n) is 4.98. The summed E-state index contributed by atoms with van der Waals surface area (Å²) in [6.45, 7) is 3.34. The third kappa shape index (κ3) is 4.49. The standard InChI is InChI=1S/C20H23N5O4S/c1-2-28-16-5-7-17(8-6-16)30(26,27)25-11-3-4-15(14-25)12-19-23-20(24-29-19)18-13-21-9-10-22-18/h5-10,13,15H,2-4,11-12,14H2,1H3. The van der Waals surface area contributed by atoms with Crippen molar-refractivity contribution in [1.29, 1.82) is 0 Å². The molecule has 0 aliphatic carbocycles. The topological polar surface area (TPSA) is 111 Å². The summed E-state index contributed by atoms with van der Waals surface area (Å²) in [4.78, 5) is 12.8. The van der Waals surface area contributed by atoms with Crippen LogP contribution in [0.4, 0.5) is 0 Å². The third-order valence-corrected chi connectivity index (χ3v) is 6.86. The number of nitrogens with zero attached hydrogens (tertiary/aromatic N) is 5. The summed E-state index contributed by atoms with van der Waals surface area (Å²) in [5, 5.41) is 3.96. The van der Waals surface area contributed by atoms with Gasteiger partial charge in [-0.3, -0.25) is 4.98 Å². The second-order valence-electron chi connectivity index (χ2n) is 7.08. The number of ether oxygens (including phenoxy) is 1. The lowest BCUT2D eigenvalue weighted by atomic mass is 9.96. The molecule has 1 atom stereocenters. The fourth-order valence-electron chi connectivity index (χ4n) is 3.54. The summed E-state index contributed by atoms with van der Waals surface area (Å²) in [7, 11) is -3.56. The second kappa shape index (κ2) is 8.88. The van der Waals surface area contributed by atoms with Gasteiger partial charge in [0.2, 0.25) is 21.7 Å². The Hall–Kier alpha value is -2.85. The van der Waals surface area contributed by atoms with Gasteiger partial charge in [0.1, 0.15) is 11.4 Å². The molecule has 0 N–H and O–H groups in total. The van der Waals surface area contributed by atoms with Gasteiger partial charge < -0.3 is 9.26 Å². The van der Waals surface area contributed by atoms with Crippen molar-refractivity contribution in [2.24, 2.45) is 5.92 Å². The van der Waals surface area contributed by atoms with E-state index in [0.717, 1.165) is 12.8 Å². The van der Waals surface area contributed by atoms with Crippen molar-refractivity contribution in [2.75, 3.05) is 19.7 Å². The molecule has 158 valence electrons. The molecule has 0 spiro atoms. The first kappa shape index (κ1) is 20.4. The van der Waals surface area contributed by atoms with Crippen LogP contribution < -0.4 is 4.74 Å². The smallest absolute Gasteiger partial charge is 0.243 e. The van der Waals surface area contributed by atoms with Crippen LogP contribution in [-0.2, 0) is 16.4 Å². The maximum atomic E-state index is 13.1. The number of aromatic nitrogens is 4. The van der Waals surface area contributed by atoms with E-state index in [9.17, 15) is 8.42 Å². The minimum Gasteiger partial charge on any atom is -0.494 e. The van der Waals surface area contributed by atoms with E-state index in [-0.39, 0.29) is 10.8 Å². The fraction of sp³-hybridized carbons (Fsp3) is 0.400. The van der Waals surface area contributed by atoms with Gasteiger partial charge in [-0.15, -0.1) is 0 Å². The minimum absolute atomic E-state index is 0.103. The highest BCUT2D eigenvalue weighted by Gasteiger charge is 2.31. The Kier molecular flexibility index (Phi) is 6.05. The summed E-state index contributed by atoms with van der Waals surface area (Å²) in [5.41, 5.74) is 0.538. The Morgan fingerprint density at radius 2 is 2.07 bits per heavy atom. The zero-order chi connectivity index (χ0) is 21.0. The normalized spacial score (nSPS) is 17.7.